The molecule has 0 fully saturated rings. The Kier molecular flexibility index (Phi) is 4.09. The van der Waals surface area contributed by atoms with Gasteiger partial charge in [-0.25, -0.2) is 0 Å². The van der Waals surface area contributed by atoms with Crippen LogP contribution in [0, 0.1) is 0 Å². The minimum absolute atomic E-state index is 0.00879. The van der Waals surface area contributed by atoms with Gasteiger partial charge in [-0.1, -0.05) is 45.0 Å². The summed E-state index contributed by atoms with van der Waals surface area (Å²) in [5, 5.41) is 0. The van der Waals surface area contributed by atoms with Crippen molar-refractivity contribution in [2.75, 3.05) is 6.54 Å². The largest absolute Gasteiger partial charge is 0.329 e. The number of aromatic nitrogens is 1. The summed E-state index contributed by atoms with van der Waals surface area (Å²) in [5.74, 6) is 0. The van der Waals surface area contributed by atoms with Gasteiger partial charge in [0.2, 0.25) is 0 Å². The third-order valence-corrected chi connectivity index (χ3v) is 3.44. The van der Waals surface area contributed by atoms with E-state index in [0.717, 1.165) is 11.1 Å². The Labute approximate surface area is 120 Å². The van der Waals surface area contributed by atoms with E-state index in [1.54, 1.807) is 10.6 Å². The summed E-state index contributed by atoms with van der Waals surface area (Å²) in [4.78, 5) is 11.7. The van der Waals surface area contributed by atoms with Gasteiger partial charge in [-0.15, -0.1) is 0 Å². The smallest absolute Gasteiger partial charge is 0.250 e. The Morgan fingerprint density at radius 1 is 1.00 bits per heavy atom. The van der Waals surface area contributed by atoms with Gasteiger partial charge < -0.3 is 10.3 Å². The maximum atomic E-state index is 11.7. The minimum Gasteiger partial charge on any atom is -0.329 e. The molecule has 0 saturated heterocycles. The first-order valence-electron chi connectivity index (χ1n) is 6.93. The molecule has 0 atom stereocenters. The van der Waals surface area contributed by atoms with E-state index in [2.05, 4.69) is 45.0 Å². The van der Waals surface area contributed by atoms with Crippen molar-refractivity contribution >= 4 is 0 Å². The lowest BCUT2D eigenvalue weighted by Gasteiger charge is -2.19. The van der Waals surface area contributed by atoms with Crippen molar-refractivity contribution in [3.05, 3.63) is 58.5 Å². The number of pyridine rings is 1. The van der Waals surface area contributed by atoms with Crippen LogP contribution in [0.2, 0.25) is 0 Å². The van der Waals surface area contributed by atoms with E-state index >= 15 is 0 Å². The molecule has 2 N–H and O–H groups in total. The summed E-state index contributed by atoms with van der Waals surface area (Å²) in [7, 11) is 0. The molecule has 0 aliphatic carbocycles. The van der Waals surface area contributed by atoms with Crippen molar-refractivity contribution < 1.29 is 0 Å². The van der Waals surface area contributed by atoms with Gasteiger partial charge in [-0.3, -0.25) is 4.79 Å². The van der Waals surface area contributed by atoms with Gasteiger partial charge in [0, 0.05) is 25.4 Å². The molecule has 0 amide bonds. The highest BCUT2D eigenvalue weighted by Gasteiger charge is 2.13. The Balaban J connectivity index is 2.37. The fourth-order valence-corrected chi connectivity index (χ4v) is 2.18. The van der Waals surface area contributed by atoms with Crippen LogP contribution in [-0.4, -0.2) is 11.1 Å². The van der Waals surface area contributed by atoms with Crippen molar-refractivity contribution in [3.8, 4) is 11.1 Å². The molecule has 0 aliphatic heterocycles. The second-order valence-electron chi connectivity index (χ2n) is 6.07. The number of rotatable bonds is 3. The van der Waals surface area contributed by atoms with Crippen LogP contribution in [0.15, 0.2) is 47.4 Å². The van der Waals surface area contributed by atoms with Crippen molar-refractivity contribution in [1.29, 1.82) is 0 Å². The van der Waals surface area contributed by atoms with Crippen LogP contribution in [0.1, 0.15) is 26.3 Å². The number of nitrogens with zero attached hydrogens (tertiary/aromatic N) is 1. The highest BCUT2D eigenvalue weighted by molar-refractivity contribution is 5.62. The van der Waals surface area contributed by atoms with Gasteiger partial charge in [-0.05, 0) is 28.2 Å². The van der Waals surface area contributed by atoms with E-state index in [-0.39, 0.29) is 11.0 Å². The van der Waals surface area contributed by atoms with Crippen molar-refractivity contribution in [2.24, 2.45) is 5.73 Å². The Morgan fingerprint density at radius 2 is 1.60 bits per heavy atom. The van der Waals surface area contributed by atoms with Crippen LogP contribution in [-0.2, 0) is 12.0 Å². The molecule has 0 radical (unpaired) electrons. The first kappa shape index (κ1) is 14.5. The van der Waals surface area contributed by atoms with Gasteiger partial charge in [0.05, 0.1) is 0 Å². The number of hydrogen-bond acceptors (Lipinski definition) is 2. The fraction of sp³-hybridized carbons (Fsp3) is 0.353. The van der Waals surface area contributed by atoms with Gasteiger partial charge in [0.15, 0.2) is 0 Å². The molecule has 0 aliphatic rings. The summed E-state index contributed by atoms with van der Waals surface area (Å²) >= 11 is 0. The van der Waals surface area contributed by atoms with Crippen molar-refractivity contribution in [1.82, 2.24) is 4.57 Å². The molecule has 2 rings (SSSR count). The van der Waals surface area contributed by atoms with Crippen LogP contribution in [0.5, 0.6) is 0 Å². The molecule has 1 aromatic heterocycles. The number of benzene rings is 1. The molecule has 0 unspecified atom stereocenters. The zero-order chi connectivity index (χ0) is 14.8. The van der Waals surface area contributed by atoms with Gasteiger partial charge in [-0.2, -0.15) is 0 Å². The van der Waals surface area contributed by atoms with E-state index in [1.807, 2.05) is 12.3 Å². The van der Waals surface area contributed by atoms with E-state index in [4.69, 9.17) is 5.73 Å². The first-order valence-corrected chi connectivity index (χ1v) is 6.93. The molecule has 2 aromatic rings. The molecule has 1 heterocycles. The van der Waals surface area contributed by atoms with Crippen LogP contribution in [0.4, 0.5) is 0 Å². The van der Waals surface area contributed by atoms with E-state index in [0.29, 0.717) is 13.1 Å². The normalized spacial score (nSPS) is 11.6. The predicted molar refractivity (Wildman–Crippen MR) is 83.9 cm³/mol. The highest BCUT2D eigenvalue weighted by Crippen LogP contribution is 2.25. The summed E-state index contributed by atoms with van der Waals surface area (Å²) in [6.45, 7) is 7.61. The first-order chi connectivity index (χ1) is 9.41. The SMILES string of the molecule is CC(C)(C)c1ccc(-c2ccc(=O)n(CCN)c2)cc1. The summed E-state index contributed by atoms with van der Waals surface area (Å²) in [6.07, 6.45) is 1.88. The van der Waals surface area contributed by atoms with Crippen LogP contribution >= 0.6 is 0 Å². The van der Waals surface area contributed by atoms with E-state index in [9.17, 15) is 4.79 Å². The summed E-state index contributed by atoms with van der Waals surface area (Å²) in [5.41, 5.74) is 9.12. The summed E-state index contributed by atoms with van der Waals surface area (Å²) < 4.78 is 1.66. The van der Waals surface area contributed by atoms with E-state index in [1.165, 1.54) is 5.56 Å². The van der Waals surface area contributed by atoms with Gasteiger partial charge in [0.1, 0.15) is 0 Å². The second kappa shape index (κ2) is 5.63. The zero-order valence-electron chi connectivity index (χ0n) is 12.4. The molecule has 0 bridgehead atoms. The average molecular weight is 270 g/mol. The third-order valence-electron chi connectivity index (χ3n) is 3.44. The van der Waals surface area contributed by atoms with Crippen LogP contribution < -0.4 is 11.3 Å². The lowest BCUT2D eigenvalue weighted by Crippen LogP contribution is -2.22. The third kappa shape index (κ3) is 3.17. The van der Waals surface area contributed by atoms with Crippen molar-refractivity contribution in [2.45, 2.75) is 32.7 Å². The quantitative estimate of drug-likeness (QED) is 0.932. The maximum Gasteiger partial charge on any atom is 0.250 e. The molecular weight excluding hydrogens is 248 g/mol. The molecule has 1 aromatic carbocycles. The van der Waals surface area contributed by atoms with Crippen LogP contribution in [0.25, 0.3) is 11.1 Å². The van der Waals surface area contributed by atoms with Crippen molar-refractivity contribution in [3.63, 3.8) is 0 Å². The molecule has 20 heavy (non-hydrogen) atoms. The van der Waals surface area contributed by atoms with Gasteiger partial charge in [0.25, 0.3) is 5.56 Å². The zero-order valence-corrected chi connectivity index (χ0v) is 12.4. The Hall–Kier alpha value is -1.87. The second-order valence-corrected chi connectivity index (χ2v) is 6.07. The molecule has 3 nitrogen and oxygen atoms in total. The highest BCUT2D eigenvalue weighted by atomic mass is 16.1. The number of hydrogen-bond donors (Lipinski definition) is 1. The Morgan fingerprint density at radius 3 is 2.15 bits per heavy atom. The average Bonchev–Trinajstić information content (AvgIpc) is 2.41. The lowest BCUT2D eigenvalue weighted by atomic mass is 9.86. The lowest BCUT2D eigenvalue weighted by molar-refractivity contribution is 0.590. The molecule has 0 spiro atoms. The molecule has 106 valence electrons. The molecule has 0 saturated carbocycles. The molecule has 3 heteroatoms. The van der Waals surface area contributed by atoms with E-state index < -0.39 is 0 Å². The minimum atomic E-state index is -0.00879. The summed E-state index contributed by atoms with van der Waals surface area (Å²) in [6, 6.07) is 12.0. The van der Waals surface area contributed by atoms with Gasteiger partial charge >= 0.3 is 0 Å². The monoisotopic (exact) mass is 270 g/mol. The topological polar surface area (TPSA) is 48.0 Å². The predicted octanol–water partition coefficient (Wildman–Crippen LogP) is 2.77. The number of nitrogens with two attached hydrogens (primary N) is 1. The molecular formula is C17H22N2O. The fourth-order valence-electron chi connectivity index (χ4n) is 2.18. The van der Waals surface area contributed by atoms with Crippen LogP contribution in [0.3, 0.4) is 0 Å². The Bertz CT molecular complexity index is 633. The standard InChI is InChI=1S/C17H22N2O/c1-17(2,3)15-7-4-13(5-8-15)14-6-9-16(20)19(12-14)11-10-18/h4-9,12H,10-11,18H2,1-3H3. The maximum absolute atomic E-state index is 11.7.